The molecule has 1 N–H and O–H groups in total. The number of carbonyl (C=O) groups excluding carboxylic acids is 2. The number of benzene rings is 1. The average molecular weight is 254 g/mol. The Balaban J connectivity index is 2.43. The van der Waals surface area contributed by atoms with Gasteiger partial charge in [-0.2, -0.15) is 0 Å². The van der Waals surface area contributed by atoms with Crippen LogP contribution in [0, 0.1) is 0 Å². The lowest BCUT2D eigenvalue weighted by Gasteiger charge is -2.15. The summed E-state index contributed by atoms with van der Waals surface area (Å²) < 4.78 is 0. The summed E-state index contributed by atoms with van der Waals surface area (Å²) >= 11 is 5.87. The fraction of sp³-hybridized carbons (Fsp3) is 0.182. The van der Waals surface area contributed by atoms with Gasteiger partial charge in [-0.05, 0) is 18.2 Å². The number of anilines is 1. The topological polar surface area (TPSA) is 74.7 Å². The highest BCUT2D eigenvalue weighted by atomic mass is 35.5. The molecule has 0 spiro atoms. The lowest BCUT2D eigenvalue weighted by molar-refractivity contribution is -0.121. The van der Waals surface area contributed by atoms with Crippen LogP contribution in [0.15, 0.2) is 18.2 Å². The van der Waals surface area contributed by atoms with E-state index in [2.05, 4.69) is 0 Å². The highest BCUT2D eigenvalue weighted by molar-refractivity contribution is 6.36. The number of hydrogen-bond donors (Lipinski definition) is 1. The van der Waals surface area contributed by atoms with Crippen LogP contribution in [0.3, 0.4) is 0 Å². The fourth-order valence-electron chi connectivity index (χ4n) is 1.67. The predicted molar refractivity (Wildman–Crippen MR) is 60.1 cm³/mol. The summed E-state index contributed by atoms with van der Waals surface area (Å²) in [5.74, 6) is -1.75. The zero-order valence-electron chi connectivity index (χ0n) is 8.64. The Morgan fingerprint density at radius 2 is 1.82 bits per heavy atom. The van der Waals surface area contributed by atoms with E-state index in [0.717, 1.165) is 4.90 Å². The number of imide groups is 1. The first-order chi connectivity index (χ1) is 8.00. The first kappa shape index (κ1) is 11.6. The molecule has 1 saturated heterocycles. The lowest BCUT2D eigenvalue weighted by atomic mass is 10.2. The second kappa shape index (κ2) is 4.18. The molecule has 1 heterocycles. The SMILES string of the molecule is O=C(O)c1ccc(N2C(=O)CCC2=O)c(Cl)c1. The van der Waals surface area contributed by atoms with Crippen LogP contribution in [0.2, 0.25) is 5.02 Å². The maximum Gasteiger partial charge on any atom is 0.335 e. The van der Waals surface area contributed by atoms with Crippen LogP contribution in [0.4, 0.5) is 5.69 Å². The van der Waals surface area contributed by atoms with Gasteiger partial charge in [-0.3, -0.25) is 9.59 Å². The summed E-state index contributed by atoms with van der Waals surface area (Å²) in [5.41, 5.74) is 0.252. The second-order valence-electron chi connectivity index (χ2n) is 3.59. The van der Waals surface area contributed by atoms with Gasteiger partial charge in [0, 0.05) is 12.8 Å². The normalized spacial score (nSPS) is 15.5. The van der Waals surface area contributed by atoms with Crippen LogP contribution in [-0.2, 0) is 9.59 Å². The van der Waals surface area contributed by atoms with Gasteiger partial charge >= 0.3 is 5.97 Å². The second-order valence-corrected chi connectivity index (χ2v) is 4.00. The summed E-state index contributed by atoms with van der Waals surface area (Å²) in [6.07, 6.45) is 0.325. The smallest absolute Gasteiger partial charge is 0.335 e. The number of amides is 2. The van der Waals surface area contributed by atoms with Gasteiger partial charge in [-0.1, -0.05) is 11.6 Å². The molecule has 0 unspecified atom stereocenters. The number of nitrogens with zero attached hydrogens (tertiary/aromatic N) is 1. The molecule has 5 nitrogen and oxygen atoms in total. The maximum absolute atomic E-state index is 11.5. The molecule has 1 aromatic carbocycles. The highest BCUT2D eigenvalue weighted by Crippen LogP contribution is 2.30. The number of aromatic carboxylic acids is 1. The number of halogens is 1. The summed E-state index contributed by atoms with van der Waals surface area (Å²) in [6, 6.07) is 3.90. The van der Waals surface area contributed by atoms with E-state index < -0.39 is 5.97 Å². The molecule has 1 aromatic rings. The van der Waals surface area contributed by atoms with Crippen LogP contribution >= 0.6 is 11.6 Å². The Hall–Kier alpha value is -1.88. The van der Waals surface area contributed by atoms with E-state index in [4.69, 9.17) is 16.7 Å². The molecule has 6 heteroatoms. The van der Waals surface area contributed by atoms with Crippen molar-refractivity contribution in [3.8, 4) is 0 Å². The van der Waals surface area contributed by atoms with Gasteiger partial charge in [0.1, 0.15) is 0 Å². The molecular formula is C11H8ClNO4. The zero-order valence-corrected chi connectivity index (χ0v) is 9.40. The van der Waals surface area contributed by atoms with Gasteiger partial charge < -0.3 is 5.11 Å². The van der Waals surface area contributed by atoms with E-state index in [0.29, 0.717) is 0 Å². The molecule has 1 aliphatic heterocycles. The van der Waals surface area contributed by atoms with Crippen molar-refractivity contribution >= 4 is 35.1 Å². The standard InChI is InChI=1S/C11H8ClNO4/c12-7-5-6(11(16)17)1-2-8(7)13-9(14)3-4-10(13)15/h1-2,5H,3-4H2,(H,16,17). The van der Waals surface area contributed by atoms with E-state index in [1.807, 2.05) is 0 Å². The third-order valence-electron chi connectivity index (χ3n) is 2.49. The minimum atomic E-state index is -1.11. The first-order valence-electron chi connectivity index (χ1n) is 4.89. The first-order valence-corrected chi connectivity index (χ1v) is 5.27. The molecule has 17 heavy (non-hydrogen) atoms. The number of carbonyl (C=O) groups is 3. The molecule has 88 valence electrons. The van der Waals surface area contributed by atoms with Crippen molar-refractivity contribution in [3.63, 3.8) is 0 Å². The molecular weight excluding hydrogens is 246 g/mol. The van der Waals surface area contributed by atoms with Crippen molar-refractivity contribution in [3.05, 3.63) is 28.8 Å². The van der Waals surface area contributed by atoms with Crippen molar-refractivity contribution in [2.24, 2.45) is 0 Å². The summed E-state index contributed by atoms with van der Waals surface area (Å²) in [4.78, 5) is 34.7. The van der Waals surface area contributed by atoms with Crippen molar-refractivity contribution in [2.45, 2.75) is 12.8 Å². The Morgan fingerprint density at radius 3 is 2.29 bits per heavy atom. The quantitative estimate of drug-likeness (QED) is 0.814. The summed E-state index contributed by atoms with van der Waals surface area (Å²) in [5, 5.41) is 8.84. The van der Waals surface area contributed by atoms with Gasteiger partial charge in [0.2, 0.25) is 11.8 Å². The van der Waals surface area contributed by atoms with Crippen molar-refractivity contribution in [2.75, 3.05) is 4.90 Å². The van der Waals surface area contributed by atoms with Crippen LogP contribution in [-0.4, -0.2) is 22.9 Å². The van der Waals surface area contributed by atoms with Crippen LogP contribution in [0.25, 0.3) is 0 Å². The molecule has 2 rings (SSSR count). The number of hydrogen-bond acceptors (Lipinski definition) is 3. The summed E-state index contributed by atoms with van der Waals surface area (Å²) in [6.45, 7) is 0. The van der Waals surface area contributed by atoms with Crippen LogP contribution < -0.4 is 4.90 Å². The number of rotatable bonds is 2. The minimum absolute atomic E-state index is 0.0119. The zero-order chi connectivity index (χ0) is 12.6. The fourth-order valence-corrected chi connectivity index (χ4v) is 1.93. The largest absolute Gasteiger partial charge is 0.478 e. The van der Waals surface area contributed by atoms with Crippen molar-refractivity contribution < 1.29 is 19.5 Å². The van der Waals surface area contributed by atoms with Crippen LogP contribution in [0.1, 0.15) is 23.2 Å². The third kappa shape index (κ3) is 2.01. The van der Waals surface area contributed by atoms with Gasteiger partial charge in [0.05, 0.1) is 16.3 Å². The third-order valence-corrected chi connectivity index (χ3v) is 2.79. The number of carboxylic acids is 1. The average Bonchev–Trinajstić information content (AvgIpc) is 2.59. The molecule has 0 bridgehead atoms. The highest BCUT2D eigenvalue weighted by Gasteiger charge is 2.31. The maximum atomic E-state index is 11.5. The Morgan fingerprint density at radius 1 is 1.24 bits per heavy atom. The van der Waals surface area contributed by atoms with Crippen molar-refractivity contribution in [1.82, 2.24) is 0 Å². The molecule has 0 radical (unpaired) electrons. The van der Waals surface area contributed by atoms with Crippen molar-refractivity contribution in [1.29, 1.82) is 0 Å². The molecule has 1 fully saturated rings. The predicted octanol–water partition coefficient (Wildman–Crippen LogP) is 1.69. The van der Waals surface area contributed by atoms with E-state index in [9.17, 15) is 14.4 Å². The number of carboxylic acid groups (broad SMARTS) is 1. The monoisotopic (exact) mass is 253 g/mol. The van der Waals surface area contributed by atoms with Crippen LogP contribution in [0.5, 0.6) is 0 Å². The Kier molecular flexibility index (Phi) is 2.85. The lowest BCUT2D eigenvalue weighted by Crippen LogP contribution is -2.28. The van der Waals surface area contributed by atoms with E-state index in [1.54, 1.807) is 0 Å². The molecule has 1 aliphatic rings. The molecule has 2 amide bonds. The Labute approximate surface area is 102 Å². The molecule has 0 aliphatic carbocycles. The Bertz CT molecular complexity index is 510. The van der Waals surface area contributed by atoms with E-state index >= 15 is 0 Å². The van der Waals surface area contributed by atoms with E-state index in [1.165, 1.54) is 18.2 Å². The molecule has 0 atom stereocenters. The molecule has 0 saturated carbocycles. The van der Waals surface area contributed by atoms with E-state index in [-0.39, 0.29) is 40.9 Å². The minimum Gasteiger partial charge on any atom is -0.478 e. The molecule has 0 aromatic heterocycles. The van der Waals surface area contributed by atoms with Gasteiger partial charge in [0.15, 0.2) is 0 Å². The van der Waals surface area contributed by atoms with Gasteiger partial charge in [-0.25, -0.2) is 9.69 Å². The summed E-state index contributed by atoms with van der Waals surface area (Å²) in [7, 11) is 0. The van der Waals surface area contributed by atoms with Gasteiger partial charge in [0.25, 0.3) is 0 Å². The van der Waals surface area contributed by atoms with Gasteiger partial charge in [-0.15, -0.1) is 0 Å².